The Morgan fingerprint density at radius 3 is 2.62 bits per heavy atom. The van der Waals surface area contributed by atoms with Crippen LogP contribution in [0.3, 0.4) is 0 Å². The van der Waals surface area contributed by atoms with Crippen LogP contribution in [0.4, 0.5) is 10.1 Å². The first kappa shape index (κ1) is 17.1. The molecule has 5 heteroatoms. The molecule has 126 valence electrons. The fraction of sp³-hybridized carbons (Fsp3) is 0.316. The number of carbonyl (C=O) groups excluding carboxylic acids is 1. The molecule has 1 saturated heterocycles. The molecule has 0 atom stereocenters. The van der Waals surface area contributed by atoms with Crippen LogP contribution in [0.1, 0.15) is 18.4 Å². The van der Waals surface area contributed by atoms with E-state index >= 15 is 0 Å². The lowest BCUT2D eigenvalue weighted by molar-refractivity contribution is -0.121. The normalized spacial score (nSPS) is 16.1. The highest BCUT2D eigenvalue weighted by atomic mass is 79.9. The molecule has 0 unspecified atom stereocenters. The molecule has 3 nitrogen and oxygen atoms in total. The van der Waals surface area contributed by atoms with Gasteiger partial charge in [-0.15, -0.1) is 0 Å². The first-order valence-corrected chi connectivity index (χ1v) is 8.93. The molecule has 3 rings (SSSR count). The molecule has 2 aromatic carbocycles. The number of halogens is 2. The maximum atomic E-state index is 13.2. The Balaban J connectivity index is 1.50. The number of nitrogens with one attached hydrogen (secondary N) is 1. The van der Waals surface area contributed by atoms with Crippen molar-refractivity contribution in [2.45, 2.75) is 19.4 Å². The highest BCUT2D eigenvalue weighted by Crippen LogP contribution is 2.22. The summed E-state index contributed by atoms with van der Waals surface area (Å²) < 4.78 is 14.3. The fourth-order valence-electron chi connectivity index (χ4n) is 3.06. The van der Waals surface area contributed by atoms with E-state index in [4.69, 9.17) is 0 Å². The van der Waals surface area contributed by atoms with Crippen LogP contribution in [0.2, 0.25) is 0 Å². The first-order chi connectivity index (χ1) is 11.6. The van der Waals surface area contributed by atoms with E-state index in [9.17, 15) is 9.18 Å². The third-order valence-corrected chi connectivity index (χ3v) is 4.84. The lowest BCUT2D eigenvalue weighted by atomic mass is 9.95. The van der Waals surface area contributed by atoms with Crippen LogP contribution in [-0.4, -0.2) is 23.9 Å². The van der Waals surface area contributed by atoms with Gasteiger partial charge in [-0.2, -0.15) is 0 Å². The van der Waals surface area contributed by atoms with Crippen LogP contribution in [0, 0.1) is 11.7 Å². The Bertz CT molecular complexity index is 714. The number of piperidine rings is 1. The molecule has 0 aliphatic carbocycles. The number of hydrogen-bond acceptors (Lipinski definition) is 2. The minimum Gasteiger partial charge on any atom is -0.326 e. The van der Waals surface area contributed by atoms with Gasteiger partial charge < -0.3 is 5.32 Å². The summed E-state index contributed by atoms with van der Waals surface area (Å²) in [5.74, 6) is -0.355. The Labute approximate surface area is 150 Å². The molecule has 0 spiro atoms. The fourth-order valence-corrected chi connectivity index (χ4v) is 3.50. The zero-order chi connectivity index (χ0) is 16.9. The van der Waals surface area contributed by atoms with Crippen LogP contribution in [-0.2, 0) is 11.3 Å². The Hall–Kier alpha value is -1.72. The lowest BCUT2D eigenvalue weighted by Gasteiger charge is -2.31. The van der Waals surface area contributed by atoms with Gasteiger partial charge in [-0.3, -0.25) is 9.69 Å². The summed E-state index contributed by atoms with van der Waals surface area (Å²) in [5, 5.41) is 2.82. The molecule has 0 bridgehead atoms. The van der Waals surface area contributed by atoms with Crippen molar-refractivity contribution in [3.8, 4) is 0 Å². The smallest absolute Gasteiger partial charge is 0.227 e. The van der Waals surface area contributed by atoms with E-state index in [1.807, 2.05) is 12.1 Å². The van der Waals surface area contributed by atoms with Crippen molar-refractivity contribution >= 4 is 27.5 Å². The summed E-state index contributed by atoms with van der Waals surface area (Å²) in [6.45, 7) is 2.69. The van der Waals surface area contributed by atoms with E-state index in [2.05, 4.69) is 38.3 Å². The first-order valence-electron chi connectivity index (χ1n) is 8.13. The minimum atomic E-state index is -0.336. The predicted octanol–water partition coefficient (Wildman–Crippen LogP) is 4.44. The van der Waals surface area contributed by atoms with Crippen molar-refractivity contribution in [2.24, 2.45) is 5.92 Å². The maximum absolute atomic E-state index is 13.2. The van der Waals surface area contributed by atoms with E-state index in [1.165, 1.54) is 17.7 Å². The molecule has 1 amide bonds. The minimum absolute atomic E-state index is 0.00738. The van der Waals surface area contributed by atoms with Gasteiger partial charge in [0.1, 0.15) is 5.82 Å². The van der Waals surface area contributed by atoms with Gasteiger partial charge in [-0.25, -0.2) is 4.39 Å². The molecule has 0 saturated carbocycles. The summed E-state index contributed by atoms with van der Waals surface area (Å²) in [6.07, 6.45) is 1.66. The van der Waals surface area contributed by atoms with Crippen LogP contribution in [0.15, 0.2) is 53.0 Å². The number of likely N-dealkylation sites (tertiary alicyclic amines) is 1. The van der Waals surface area contributed by atoms with Crippen molar-refractivity contribution in [3.63, 3.8) is 0 Å². The van der Waals surface area contributed by atoms with Crippen LogP contribution in [0.5, 0.6) is 0 Å². The zero-order valence-electron chi connectivity index (χ0n) is 13.3. The molecule has 0 aromatic heterocycles. The Morgan fingerprint density at radius 2 is 1.92 bits per heavy atom. The number of rotatable bonds is 4. The number of hydrogen-bond donors (Lipinski definition) is 1. The number of benzene rings is 2. The standard InChI is InChI=1S/C19H20BrFN2O/c20-16-4-1-3-14(11-16)13-23-9-7-15(8-10-23)19(24)22-18-6-2-5-17(21)12-18/h1-6,11-12,15H,7-10,13H2,(H,22,24). The largest absolute Gasteiger partial charge is 0.326 e. The molecule has 1 N–H and O–H groups in total. The van der Waals surface area contributed by atoms with Gasteiger partial charge in [0.05, 0.1) is 0 Å². The van der Waals surface area contributed by atoms with Crippen LogP contribution >= 0.6 is 15.9 Å². The van der Waals surface area contributed by atoms with Gasteiger partial charge in [-0.1, -0.05) is 34.1 Å². The van der Waals surface area contributed by atoms with Crippen LogP contribution < -0.4 is 5.32 Å². The van der Waals surface area contributed by atoms with E-state index in [1.54, 1.807) is 12.1 Å². The van der Waals surface area contributed by atoms with Crippen molar-refractivity contribution < 1.29 is 9.18 Å². The van der Waals surface area contributed by atoms with Crippen molar-refractivity contribution in [1.82, 2.24) is 4.90 Å². The molecule has 1 aliphatic rings. The van der Waals surface area contributed by atoms with Gasteiger partial charge in [0, 0.05) is 22.6 Å². The highest BCUT2D eigenvalue weighted by Gasteiger charge is 2.25. The summed E-state index contributed by atoms with van der Waals surface area (Å²) in [7, 11) is 0. The maximum Gasteiger partial charge on any atom is 0.227 e. The van der Waals surface area contributed by atoms with Gasteiger partial charge in [0.2, 0.25) is 5.91 Å². The van der Waals surface area contributed by atoms with E-state index in [0.29, 0.717) is 5.69 Å². The third kappa shape index (κ3) is 4.65. The Morgan fingerprint density at radius 1 is 1.17 bits per heavy atom. The summed E-state index contributed by atoms with van der Waals surface area (Å²) >= 11 is 3.49. The lowest BCUT2D eigenvalue weighted by Crippen LogP contribution is -2.37. The summed E-state index contributed by atoms with van der Waals surface area (Å²) in [4.78, 5) is 14.7. The molecule has 1 heterocycles. The number of nitrogens with zero attached hydrogens (tertiary/aromatic N) is 1. The molecule has 1 aliphatic heterocycles. The predicted molar refractivity (Wildman–Crippen MR) is 97.2 cm³/mol. The van der Waals surface area contributed by atoms with Crippen LogP contribution in [0.25, 0.3) is 0 Å². The van der Waals surface area contributed by atoms with Crippen molar-refractivity contribution in [2.75, 3.05) is 18.4 Å². The molecular formula is C19H20BrFN2O. The highest BCUT2D eigenvalue weighted by molar-refractivity contribution is 9.10. The number of anilines is 1. The van der Waals surface area contributed by atoms with Crippen molar-refractivity contribution in [3.05, 3.63) is 64.4 Å². The van der Waals surface area contributed by atoms with Crippen molar-refractivity contribution in [1.29, 1.82) is 0 Å². The van der Waals surface area contributed by atoms with E-state index < -0.39 is 0 Å². The second kappa shape index (κ2) is 7.90. The Kier molecular flexibility index (Phi) is 5.63. The SMILES string of the molecule is O=C(Nc1cccc(F)c1)C1CCN(Cc2cccc(Br)c2)CC1. The van der Waals surface area contributed by atoms with E-state index in [0.717, 1.165) is 36.9 Å². The van der Waals surface area contributed by atoms with Gasteiger partial charge in [0.25, 0.3) is 0 Å². The topological polar surface area (TPSA) is 32.3 Å². The zero-order valence-corrected chi connectivity index (χ0v) is 14.9. The van der Waals surface area contributed by atoms with Gasteiger partial charge in [0.15, 0.2) is 0 Å². The monoisotopic (exact) mass is 390 g/mol. The van der Waals surface area contributed by atoms with Gasteiger partial charge >= 0.3 is 0 Å². The molecular weight excluding hydrogens is 371 g/mol. The van der Waals surface area contributed by atoms with Gasteiger partial charge in [-0.05, 0) is 61.8 Å². The number of amides is 1. The van der Waals surface area contributed by atoms with E-state index in [-0.39, 0.29) is 17.6 Å². The summed E-state index contributed by atoms with van der Waals surface area (Å²) in [6, 6.07) is 14.3. The quantitative estimate of drug-likeness (QED) is 0.836. The second-order valence-electron chi connectivity index (χ2n) is 6.18. The third-order valence-electron chi connectivity index (χ3n) is 4.35. The molecule has 1 fully saturated rings. The molecule has 24 heavy (non-hydrogen) atoms. The second-order valence-corrected chi connectivity index (χ2v) is 7.10. The molecule has 2 aromatic rings. The number of carbonyl (C=O) groups is 1. The molecule has 0 radical (unpaired) electrons. The average Bonchev–Trinajstić information content (AvgIpc) is 2.55. The average molecular weight is 391 g/mol. The summed E-state index contributed by atoms with van der Waals surface area (Å²) in [5.41, 5.74) is 1.80.